The molecule has 22 heavy (non-hydrogen) atoms. The fraction of sp³-hybridized carbons (Fsp3) is 0.438. The molecular weight excluding hydrogens is 288 g/mol. The summed E-state index contributed by atoms with van der Waals surface area (Å²) in [5, 5.41) is 17.9. The maximum Gasteiger partial charge on any atom is 0.338 e. The molecule has 120 valence electrons. The van der Waals surface area contributed by atoms with Gasteiger partial charge in [0.2, 0.25) is 0 Å². The van der Waals surface area contributed by atoms with Crippen LogP contribution in [-0.2, 0) is 14.3 Å². The van der Waals surface area contributed by atoms with Gasteiger partial charge in [0.15, 0.2) is 0 Å². The van der Waals surface area contributed by atoms with E-state index in [1.54, 1.807) is 37.3 Å². The third kappa shape index (κ3) is 5.95. The van der Waals surface area contributed by atoms with Gasteiger partial charge in [0, 0.05) is 0 Å². The minimum Gasteiger partial charge on any atom is -0.481 e. The predicted molar refractivity (Wildman–Crippen MR) is 78.5 cm³/mol. The van der Waals surface area contributed by atoms with E-state index in [9.17, 15) is 14.4 Å². The van der Waals surface area contributed by atoms with Crippen molar-refractivity contribution in [2.24, 2.45) is 11.8 Å². The van der Waals surface area contributed by atoms with Gasteiger partial charge >= 0.3 is 17.9 Å². The Morgan fingerprint density at radius 3 is 2.23 bits per heavy atom. The van der Waals surface area contributed by atoms with E-state index < -0.39 is 29.7 Å². The summed E-state index contributed by atoms with van der Waals surface area (Å²) in [6.45, 7) is 1.36. The maximum atomic E-state index is 11.8. The van der Waals surface area contributed by atoms with Crippen molar-refractivity contribution in [2.75, 3.05) is 6.61 Å². The Bertz CT molecular complexity index is 511. The molecule has 1 rings (SSSR count). The number of carboxylic acid groups (broad SMARTS) is 2. The second kappa shape index (κ2) is 8.81. The molecule has 2 N–H and O–H groups in total. The molecule has 2 atom stereocenters. The molecule has 0 heterocycles. The van der Waals surface area contributed by atoms with Crippen LogP contribution in [0, 0.1) is 11.8 Å². The number of aliphatic carboxylic acids is 2. The van der Waals surface area contributed by atoms with Gasteiger partial charge in [0.25, 0.3) is 0 Å². The minimum atomic E-state index is -1.05. The number of rotatable bonds is 9. The van der Waals surface area contributed by atoms with Gasteiger partial charge < -0.3 is 14.9 Å². The Morgan fingerprint density at radius 1 is 1.05 bits per heavy atom. The smallest absolute Gasteiger partial charge is 0.338 e. The van der Waals surface area contributed by atoms with Crippen molar-refractivity contribution in [3.63, 3.8) is 0 Å². The van der Waals surface area contributed by atoms with Crippen LogP contribution in [0.1, 0.15) is 36.5 Å². The molecule has 1 aromatic rings. The summed E-state index contributed by atoms with van der Waals surface area (Å²) < 4.78 is 5.02. The van der Waals surface area contributed by atoms with Crippen LogP contribution >= 0.6 is 0 Å². The average molecular weight is 308 g/mol. The van der Waals surface area contributed by atoms with E-state index in [0.29, 0.717) is 18.4 Å². The zero-order chi connectivity index (χ0) is 16.5. The Hall–Kier alpha value is -2.37. The Balaban J connectivity index is 2.43. The molecule has 0 fully saturated rings. The van der Waals surface area contributed by atoms with Crippen LogP contribution in [0.15, 0.2) is 30.3 Å². The number of carbonyl (C=O) groups excluding carboxylic acids is 1. The normalized spacial score (nSPS) is 13.1. The average Bonchev–Trinajstić information content (AvgIpc) is 2.50. The number of esters is 1. The van der Waals surface area contributed by atoms with Crippen LogP contribution in [0.4, 0.5) is 0 Å². The second-order valence-corrected chi connectivity index (χ2v) is 5.17. The third-order valence-corrected chi connectivity index (χ3v) is 3.39. The van der Waals surface area contributed by atoms with Crippen LogP contribution in [0.3, 0.4) is 0 Å². The topological polar surface area (TPSA) is 101 Å². The lowest BCUT2D eigenvalue weighted by Crippen LogP contribution is -2.22. The number of hydrogen-bond donors (Lipinski definition) is 2. The van der Waals surface area contributed by atoms with Crippen molar-refractivity contribution in [1.29, 1.82) is 0 Å². The summed E-state index contributed by atoms with van der Waals surface area (Å²) in [7, 11) is 0. The number of benzene rings is 1. The van der Waals surface area contributed by atoms with Crippen molar-refractivity contribution >= 4 is 17.9 Å². The first kappa shape index (κ1) is 17.7. The van der Waals surface area contributed by atoms with Crippen LogP contribution in [-0.4, -0.2) is 34.7 Å². The van der Waals surface area contributed by atoms with E-state index in [1.807, 2.05) is 0 Å². The van der Waals surface area contributed by atoms with Gasteiger partial charge in [-0.1, -0.05) is 31.5 Å². The first-order valence-corrected chi connectivity index (χ1v) is 7.09. The Morgan fingerprint density at radius 2 is 1.68 bits per heavy atom. The summed E-state index contributed by atoms with van der Waals surface area (Å²) in [4.78, 5) is 33.6. The van der Waals surface area contributed by atoms with E-state index in [2.05, 4.69) is 0 Å². The molecule has 0 spiro atoms. The number of ether oxygens (including phenoxy) is 1. The van der Waals surface area contributed by atoms with Gasteiger partial charge in [-0.2, -0.15) is 0 Å². The van der Waals surface area contributed by atoms with Crippen molar-refractivity contribution in [3.8, 4) is 0 Å². The van der Waals surface area contributed by atoms with Crippen molar-refractivity contribution in [1.82, 2.24) is 0 Å². The molecule has 0 aliphatic heterocycles. The van der Waals surface area contributed by atoms with E-state index in [-0.39, 0.29) is 13.0 Å². The zero-order valence-corrected chi connectivity index (χ0v) is 12.4. The molecule has 0 amide bonds. The lowest BCUT2D eigenvalue weighted by atomic mass is 9.98. The minimum absolute atomic E-state index is 0.218. The fourth-order valence-corrected chi connectivity index (χ4v) is 1.91. The molecule has 0 aliphatic rings. The summed E-state index contributed by atoms with van der Waals surface area (Å²) in [5.74, 6) is -3.85. The second-order valence-electron chi connectivity index (χ2n) is 5.17. The predicted octanol–water partition coefficient (Wildman–Crippen LogP) is 2.44. The van der Waals surface area contributed by atoms with Crippen LogP contribution in [0.2, 0.25) is 0 Å². The summed E-state index contributed by atoms with van der Waals surface area (Å²) in [6, 6.07) is 8.33. The third-order valence-electron chi connectivity index (χ3n) is 3.39. The van der Waals surface area contributed by atoms with E-state index in [4.69, 9.17) is 14.9 Å². The van der Waals surface area contributed by atoms with Gasteiger partial charge in [-0.05, 0) is 25.0 Å². The zero-order valence-electron chi connectivity index (χ0n) is 12.4. The Kier molecular flexibility index (Phi) is 7.08. The van der Waals surface area contributed by atoms with Gasteiger partial charge in [0.05, 0.1) is 17.4 Å². The first-order valence-electron chi connectivity index (χ1n) is 7.09. The number of carbonyl (C=O) groups is 3. The number of hydrogen-bond acceptors (Lipinski definition) is 4. The lowest BCUT2D eigenvalue weighted by Gasteiger charge is -2.13. The molecule has 6 nitrogen and oxygen atoms in total. The SMILES string of the molecule is CC(CCCC(COC(=O)c1ccccc1)C(=O)O)C(=O)O. The lowest BCUT2D eigenvalue weighted by molar-refractivity contribution is -0.143. The molecule has 0 saturated heterocycles. The highest BCUT2D eigenvalue weighted by atomic mass is 16.5. The van der Waals surface area contributed by atoms with Crippen LogP contribution < -0.4 is 0 Å². The van der Waals surface area contributed by atoms with Crippen molar-refractivity contribution in [2.45, 2.75) is 26.2 Å². The highest BCUT2D eigenvalue weighted by Gasteiger charge is 2.21. The Labute approximate surface area is 128 Å². The van der Waals surface area contributed by atoms with Gasteiger partial charge in [0.1, 0.15) is 6.61 Å². The molecule has 6 heteroatoms. The fourth-order valence-electron chi connectivity index (χ4n) is 1.91. The van der Waals surface area contributed by atoms with Crippen LogP contribution in [0.25, 0.3) is 0 Å². The van der Waals surface area contributed by atoms with Crippen LogP contribution in [0.5, 0.6) is 0 Å². The van der Waals surface area contributed by atoms with E-state index in [0.717, 1.165) is 0 Å². The first-order chi connectivity index (χ1) is 10.4. The van der Waals surface area contributed by atoms with Gasteiger partial charge in [-0.25, -0.2) is 4.79 Å². The summed E-state index contributed by atoms with van der Waals surface area (Å²) in [6.07, 6.45) is 1.12. The molecule has 0 aliphatic carbocycles. The van der Waals surface area contributed by atoms with E-state index in [1.165, 1.54) is 0 Å². The summed E-state index contributed by atoms with van der Waals surface area (Å²) >= 11 is 0. The summed E-state index contributed by atoms with van der Waals surface area (Å²) in [5.41, 5.74) is 0.367. The van der Waals surface area contributed by atoms with E-state index >= 15 is 0 Å². The van der Waals surface area contributed by atoms with Gasteiger partial charge in [-0.3, -0.25) is 9.59 Å². The van der Waals surface area contributed by atoms with Gasteiger partial charge in [-0.15, -0.1) is 0 Å². The molecule has 0 saturated carbocycles. The number of carboxylic acids is 2. The highest BCUT2D eigenvalue weighted by molar-refractivity contribution is 5.89. The monoisotopic (exact) mass is 308 g/mol. The molecule has 1 aromatic carbocycles. The quantitative estimate of drug-likeness (QED) is 0.679. The largest absolute Gasteiger partial charge is 0.481 e. The maximum absolute atomic E-state index is 11.8. The standard InChI is InChI=1S/C16H20O6/c1-11(14(17)18)6-5-9-13(15(19)20)10-22-16(21)12-7-3-2-4-8-12/h2-4,7-8,11,13H,5-6,9-10H2,1H3,(H,17,18)(H,19,20). The molecule has 2 unspecified atom stereocenters. The van der Waals surface area contributed by atoms with Crippen molar-refractivity contribution in [3.05, 3.63) is 35.9 Å². The highest BCUT2D eigenvalue weighted by Crippen LogP contribution is 2.15. The molecule has 0 aromatic heterocycles. The molecule has 0 bridgehead atoms. The molecular formula is C16H20O6. The molecule has 0 radical (unpaired) electrons. The van der Waals surface area contributed by atoms with Crippen molar-refractivity contribution < 1.29 is 29.3 Å².